The number of nitrogens with two attached hydrogens (primary N) is 1. The van der Waals surface area contributed by atoms with E-state index < -0.39 is 0 Å². The Morgan fingerprint density at radius 1 is 1.32 bits per heavy atom. The number of nitrogens with zero attached hydrogens (tertiary/aromatic N) is 1. The second-order valence-electron chi connectivity index (χ2n) is 4.15. The van der Waals surface area contributed by atoms with Gasteiger partial charge in [-0.05, 0) is 31.2 Å². The predicted molar refractivity (Wildman–Crippen MR) is 77.5 cm³/mol. The molecule has 1 aromatic heterocycles. The van der Waals surface area contributed by atoms with E-state index in [9.17, 15) is 0 Å². The monoisotopic (exact) mass is 292 g/mol. The summed E-state index contributed by atoms with van der Waals surface area (Å²) < 4.78 is 6.59. The van der Waals surface area contributed by atoms with Crippen molar-refractivity contribution in [3.8, 4) is 11.8 Å². The number of thiophene rings is 1. The van der Waals surface area contributed by atoms with Gasteiger partial charge < -0.3 is 10.5 Å². The maximum Gasteiger partial charge on any atom is 0.148 e. The van der Waals surface area contributed by atoms with Gasteiger partial charge in [0, 0.05) is 10.9 Å². The minimum Gasteiger partial charge on any atom is -0.482 e. The van der Waals surface area contributed by atoms with E-state index in [1.807, 2.05) is 25.1 Å². The number of hydrogen-bond acceptors (Lipinski definition) is 4. The normalized spacial score (nSPS) is 13.6. The van der Waals surface area contributed by atoms with Crippen molar-refractivity contribution in [2.45, 2.75) is 19.1 Å². The third-order valence-electron chi connectivity index (χ3n) is 2.61. The lowest BCUT2D eigenvalue weighted by atomic mass is 10.1. The summed E-state index contributed by atoms with van der Waals surface area (Å²) in [6.07, 6.45) is -0.313. The third kappa shape index (κ3) is 3.27. The van der Waals surface area contributed by atoms with Gasteiger partial charge in [-0.2, -0.15) is 5.26 Å². The number of para-hydroxylation sites is 1. The zero-order valence-corrected chi connectivity index (χ0v) is 11.9. The highest BCUT2D eigenvalue weighted by Crippen LogP contribution is 2.32. The van der Waals surface area contributed by atoms with Crippen molar-refractivity contribution in [3.05, 3.63) is 51.2 Å². The molecule has 0 fully saturated rings. The summed E-state index contributed by atoms with van der Waals surface area (Å²) in [5.41, 5.74) is 6.47. The molecule has 2 atom stereocenters. The van der Waals surface area contributed by atoms with Gasteiger partial charge in [0.25, 0.3) is 0 Å². The standard InChI is InChI=1S/C14H13ClN2OS/c1-9(17)14(12-6-7-13(15)19-12)18-11-5-3-2-4-10(11)8-16/h2-7,9,14H,17H2,1H3. The number of hydrogen-bond donors (Lipinski definition) is 1. The number of nitriles is 1. The van der Waals surface area contributed by atoms with Gasteiger partial charge >= 0.3 is 0 Å². The van der Waals surface area contributed by atoms with Gasteiger partial charge in [-0.25, -0.2) is 0 Å². The van der Waals surface area contributed by atoms with E-state index in [2.05, 4.69) is 6.07 Å². The first-order valence-electron chi connectivity index (χ1n) is 5.78. The molecule has 0 saturated carbocycles. The van der Waals surface area contributed by atoms with Gasteiger partial charge in [-0.3, -0.25) is 0 Å². The molecule has 1 heterocycles. The highest BCUT2D eigenvalue weighted by molar-refractivity contribution is 7.16. The first kappa shape index (κ1) is 13.9. The number of ether oxygens (including phenoxy) is 1. The molecule has 0 saturated heterocycles. The Hall–Kier alpha value is -1.54. The Morgan fingerprint density at radius 2 is 2.05 bits per heavy atom. The van der Waals surface area contributed by atoms with Crippen LogP contribution in [0.2, 0.25) is 4.34 Å². The van der Waals surface area contributed by atoms with Gasteiger partial charge in [0.1, 0.15) is 17.9 Å². The summed E-state index contributed by atoms with van der Waals surface area (Å²) in [5.74, 6) is 0.539. The Morgan fingerprint density at radius 3 is 2.63 bits per heavy atom. The molecule has 2 aromatic rings. The Bertz CT molecular complexity index is 603. The molecule has 98 valence electrons. The summed E-state index contributed by atoms with van der Waals surface area (Å²) in [7, 11) is 0. The molecule has 0 aliphatic carbocycles. The van der Waals surface area contributed by atoms with E-state index in [1.165, 1.54) is 11.3 Å². The van der Waals surface area contributed by atoms with E-state index >= 15 is 0 Å². The fourth-order valence-electron chi connectivity index (χ4n) is 1.70. The molecular formula is C14H13ClN2OS. The number of benzene rings is 1. The second kappa shape index (κ2) is 6.07. The van der Waals surface area contributed by atoms with Crippen LogP contribution in [-0.2, 0) is 0 Å². The maximum atomic E-state index is 9.06. The van der Waals surface area contributed by atoms with Crippen LogP contribution in [0.15, 0.2) is 36.4 Å². The highest BCUT2D eigenvalue weighted by Gasteiger charge is 2.21. The zero-order chi connectivity index (χ0) is 13.8. The average Bonchev–Trinajstić information content (AvgIpc) is 2.82. The lowest BCUT2D eigenvalue weighted by Crippen LogP contribution is -2.28. The van der Waals surface area contributed by atoms with Crippen molar-refractivity contribution in [2.24, 2.45) is 5.73 Å². The summed E-state index contributed by atoms with van der Waals surface area (Å²) >= 11 is 7.37. The number of rotatable bonds is 4. The fraction of sp³-hybridized carbons (Fsp3) is 0.214. The quantitative estimate of drug-likeness (QED) is 0.934. The summed E-state index contributed by atoms with van der Waals surface area (Å²) in [5, 5.41) is 9.06. The molecule has 2 unspecified atom stereocenters. The van der Waals surface area contributed by atoms with Crippen LogP contribution in [0.4, 0.5) is 0 Å². The Kier molecular flexibility index (Phi) is 4.43. The molecule has 3 nitrogen and oxygen atoms in total. The van der Waals surface area contributed by atoms with Crippen molar-refractivity contribution in [1.82, 2.24) is 0 Å². The lowest BCUT2D eigenvalue weighted by molar-refractivity contribution is 0.183. The van der Waals surface area contributed by atoms with E-state index in [0.29, 0.717) is 15.6 Å². The molecule has 2 rings (SSSR count). The van der Waals surface area contributed by atoms with Crippen LogP contribution in [0.1, 0.15) is 23.5 Å². The number of halogens is 1. The predicted octanol–water partition coefficient (Wildman–Crippen LogP) is 3.74. The smallest absolute Gasteiger partial charge is 0.148 e. The van der Waals surface area contributed by atoms with E-state index in [0.717, 1.165) is 4.88 Å². The Balaban J connectivity index is 2.30. The van der Waals surface area contributed by atoms with Crippen LogP contribution in [0.3, 0.4) is 0 Å². The maximum absolute atomic E-state index is 9.06. The van der Waals surface area contributed by atoms with Crippen LogP contribution in [-0.4, -0.2) is 6.04 Å². The topological polar surface area (TPSA) is 59.0 Å². The molecule has 1 aromatic carbocycles. The lowest BCUT2D eigenvalue weighted by Gasteiger charge is -2.21. The second-order valence-corrected chi connectivity index (χ2v) is 5.89. The summed E-state index contributed by atoms with van der Waals surface area (Å²) in [6, 6.07) is 12.7. The van der Waals surface area contributed by atoms with Gasteiger partial charge in [0.2, 0.25) is 0 Å². The Labute approximate surface area is 121 Å². The largest absolute Gasteiger partial charge is 0.482 e. The van der Waals surface area contributed by atoms with Crippen LogP contribution >= 0.6 is 22.9 Å². The first-order valence-corrected chi connectivity index (χ1v) is 6.98. The van der Waals surface area contributed by atoms with Crippen molar-refractivity contribution in [3.63, 3.8) is 0 Å². The molecular weight excluding hydrogens is 280 g/mol. The molecule has 0 aliphatic heterocycles. The average molecular weight is 293 g/mol. The van der Waals surface area contributed by atoms with Crippen LogP contribution in [0, 0.1) is 11.3 Å². The minimum atomic E-state index is -0.313. The summed E-state index contributed by atoms with van der Waals surface area (Å²) in [4.78, 5) is 0.952. The van der Waals surface area contributed by atoms with Crippen LogP contribution in [0.25, 0.3) is 0 Å². The molecule has 0 aliphatic rings. The minimum absolute atomic E-state index is 0.207. The van der Waals surface area contributed by atoms with E-state index in [-0.39, 0.29) is 12.1 Å². The molecule has 0 bridgehead atoms. The van der Waals surface area contributed by atoms with Crippen molar-refractivity contribution in [1.29, 1.82) is 5.26 Å². The van der Waals surface area contributed by atoms with Crippen molar-refractivity contribution < 1.29 is 4.74 Å². The van der Waals surface area contributed by atoms with E-state index in [1.54, 1.807) is 18.2 Å². The van der Waals surface area contributed by atoms with Gasteiger partial charge in [-0.1, -0.05) is 23.7 Å². The van der Waals surface area contributed by atoms with Crippen LogP contribution < -0.4 is 10.5 Å². The molecule has 0 radical (unpaired) electrons. The SMILES string of the molecule is CC(N)C(Oc1ccccc1C#N)c1ccc(Cl)s1. The summed E-state index contributed by atoms with van der Waals surface area (Å²) in [6.45, 7) is 1.87. The van der Waals surface area contributed by atoms with E-state index in [4.69, 9.17) is 27.3 Å². The van der Waals surface area contributed by atoms with Crippen molar-refractivity contribution in [2.75, 3.05) is 0 Å². The molecule has 19 heavy (non-hydrogen) atoms. The molecule has 2 N–H and O–H groups in total. The van der Waals surface area contributed by atoms with Crippen LogP contribution in [0.5, 0.6) is 5.75 Å². The molecule has 5 heteroatoms. The van der Waals surface area contributed by atoms with Crippen molar-refractivity contribution >= 4 is 22.9 Å². The van der Waals surface area contributed by atoms with Gasteiger partial charge in [0.15, 0.2) is 0 Å². The van der Waals surface area contributed by atoms with Gasteiger partial charge in [0.05, 0.1) is 9.90 Å². The fourth-order valence-corrected chi connectivity index (χ4v) is 2.91. The zero-order valence-electron chi connectivity index (χ0n) is 10.3. The van der Waals surface area contributed by atoms with Gasteiger partial charge in [-0.15, -0.1) is 11.3 Å². The molecule has 0 amide bonds. The third-order valence-corrected chi connectivity index (χ3v) is 3.91. The highest BCUT2D eigenvalue weighted by atomic mass is 35.5. The molecule has 0 spiro atoms. The first-order chi connectivity index (χ1) is 9.11.